The second kappa shape index (κ2) is 12.5. The number of ether oxygens (including phenoxy) is 1. The molecule has 0 N–H and O–H groups in total. The van der Waals surface area contributed by atoms with Crippen LogP contribution in [0.1, 0.15) is 49.8 Å². The summed E-state index contributed by atoms with van der Waals surface area (Å²) >= 11 is 0. The van der Waals surface area contributed by atoms with Gasteiger partial charge in [-0.25, -0.2) is 6.54 Å². The molecule has 7 aromatic rings. The molecule has 232 valence electrons. The van der Waals surface area contributed by atoms with Gasteiger partial charge >= 0.3 is 21.1 Å². The second-order valence-corrected chi connectivity index (χ2v) is 13.0. The van der Waals surface area contributed by atoms with E-state index in [1.165, 1.54) is 27.8 Å². The Labute approximate surface area is 291 Å². The third-order valence-corrected chi connectivity index (χ3v) is 8.96. The van der Waals surface area contributed by atoms with Crippen LogP contribution in [0, 0.1) is 24.7 Å². The van der Waals surface area contributed by atoms with Crippen LogP contribution in [0.25, 0.3) is 27.5 Å². The van der Waals surface area contributed by atoms with Crippen molar-refractivity contribution in [2.45, 2.75) is 38.5 Å². The van der Waals surface area contributed by atoms with Gasteiger partial charge in [0.25, 0.3) is 0 Å². The number of para-hydroxylation sites is 3. The predicted molar refractivity (Wildman–Crippen MR) is 188 cm³/mol. The van der Waals surface area contributed by atoms with Gasteiger partial charge in [-0.3, -0.25) is 0 Å². The molecule has 4 heteroatoms. The summed E-state index contributed by atoms with van der Waals surface area (Å²) in [6.45, 7) is 9.02. The number of hydrogen-bond acceptors (Lipinski definition) is 2. The van der Waals surface area contributed by atoms with E-state index < -0.39 is 0 Å². The molecule has 1 unspecified atom stereocenters. The molecule has 8 rings (SSSR count). The standard InChI is InChI=1S/C43H34N2O.Pt/c1-43(2,3)31-26-33(44-25-24-36(30-14-6-4-7-15-30)37-18-10-12-20-40(37)44)28-35(27-31)46-34-22-23-39-38-19-11-13-21-41(38)45(42(39)29-34)32-16-8-5-9-17-32;/h4-16,18-23,25-27,36H,24H2,1-3H3;/q-4;+4. The zero-order valence-corrected chi connectivity index (χ0v) is 28.9. The molecule has 6 aromatic carbocycles. The van der Waals surface area contributed by atoms with E-state index >= 15 is 0 Å². The first-order valence-corrected chi connectivity index (χ1v) is 15.9. The Bertz CT molecular complexity index is 2180. The van der Waals surface area contributed by atoms with Crippen LogP contribution in [0.4, 0.5) is 11.4 Å². The van der Waals surface area contributed by atoms with Crippen LogP contribution < -0.4 is 9.64 Å². The van der Waals surface area contributed by atoms with E-state index in [-0.39, 0.29) is 26.5 Å². The molecular weight excluding hydrogens is 756 g/mol. The fourth-order valence-electron chi connectivity index (χ4n) is 6.64. The number of nitrogens with zero attached hydrogens (tertiary/aromatic N) is 2. The summed E-state index contributed by atoms with van der Waals surface area (Å²) in [6.07, 6.45) is 0.899. The largest absolute Gasteiger partial charge is 4.00 e. The molecule has 1 aliphatic rings. The number of aromatic nitrogens is 1. The minimum absolute atomic E-state index is 0. The van der Waals surface area contributed by atoms with Crippen molar-refractivity contribution in [3.8, 4) is 17.2 Å². The molecule has 0 spiro atoms. The van der Waals surface area contributed by atoms with Gasteiger partial charge in [-0.05, 0) is 40.0 Å². The summed E-state index contributed by atoms with van der Waals surface area (Å²) in [5, 5.41) is 2.30. The monoisotopic (exact) mass is 789 g/mol. The fourth-order valence-corrected chi connectivity index (χ4v) is 6.64. The Balaban J connectivity index is 0.00000351. The minimum atomic E-state index is -0.0902. The van der Waals surface area contributed by atoms with Crippen LogP contribution in [0.15, 0.2) is 127 Å². The van der Waals surface area contributed by atoms with Crippen molar-refractivity contribution in [2.24, 2.45) is 0 Å². The van der Waals surface area contributed by atoms with Crippen molar-refractivity contribution in [1.82, 2.24) is 4.57 Å². The maximum Gasteiger partial charge on any atom is 4.00 e. The SMILES string of the molecule is CC(C)(C)c1cc(Oc2[c-]c3c(cc2)c2ccccc2n3-c2[c-]cccc2)[c-]c(N2[CH-]CC(c3ccccc3)c3ccccc32)c1.[Pt+4]. The van der Waals surface area contributed by atoms with E-state index in [2.05, 4.69) is 158 Å². The molecule has 3 nitrogen and oxygen atoms in total. The molecule has 1 aromatic heterocycles. The Kier molecular flexibility index (Phi) is 8.28. The minimum Gasteiger partial charge on any atom is -0.514 e. The van der Waals surface area contributed by atoms with Gasteiger partial charge in [0.1, 0.15) is 0 Å². The van der Waals surface area contributed by atoms with Gasteiger partial charge < -0.3 is 14.2 Å². The van der Waals surface area contributed by atoms with E-state index in [0.717, 1.165) is 34.2 Å². The second-order valence-electron chi connectivity index (χ2n) is 13.0. The number of fused-ring (bicyclic) bond motifs is 4. The molecule has 47 heavy (non-hydrogen) atoms. The maximum atomic E-state index is 6.64. The van der Waals surface area contributed by atoms with E-state index in [9.17, 15) is 0 Å². The fraction of sp³-hybridized carbons (Fsp3) is 0.140. The third-order valence-electron chi connectivity index (χ3n) is 8.96. The predicted octanol–water partition coefficient (Wildman–Crippen LogP) is 11.1. The average molecular weight is 790 g/mol. The molecular formula is C43H34N2OPt. The zero-order chi connectivity index (χ0) is 31.3. The van der Waals surface area contributed by atoms with Crippen LogP contribution in [-0.4, -0.2) is 4.57 Å². The van der Waals surface area contributed by atoms with Crippen molar-refractivity contribution < 1.29 is 25.8 Å². The van der Waals surface area contributed by atoms with Gasteiger partial charge in [-0.15, -0.1) is 53.0 Å². The molecule has 0 radical (unpaired) electrons. The van der Waals surface area contributed by atoms with Gasteiger partial charge in [0.2, 0.25) is 0 Å². The van der Waals surface area contributed by atoms with E-state index in [4.69, 9.17) is 4.74 Å². The number of hydrogen-bond donors (Lipinski definition) is 0. The molecule has 0 aliphatic carbocycles. The van der Waals surface area contributed by atoms with Crippen molar-refractivity contribution >= 4 is 33.2 Å². The normalized spacial score (nSPS) is 14.5. The van der Waals surface area contributed by atoms with E-state index in [1.54, 1.807) is 0 Å². The topological polar surface area (TPSA) is 17.4 Å². The Morgan fingerprint density at radius 1 is 0.723 bits per heavy atom. The quantitative estimate of drug-likeness (QED) is 0.162. The van der Waals surface area contributed by atoms with Crippen LogP contribution in [-0.2, 0) is 26.5 Å². The van der Waals surface area contributed by atoms with Crippen molar-refractivity contribution in [1.29, 1.82) is 0 Å². The Morgan fingerprint density at radius 2 is 1.49 bits per heavy atom. The maximum absolute atomic E-state index is 6.64. The van der Waals surface area contributed by atoms with Crippen LogP contribution in [0.3, 0.4) is 0 Å². The van der Waals surface area contributed by atoms with E-state index in [0.29, 0.717) is 17.4 Å². The molecule has 0 saturated carbocycles. The summed E-state index contributed by atoms with van der Waals surface area (Å²) in [7, 11) is 0. The number of anilines is 2. The van der Waals surface area contributed by atoms with Crippen LogP contribution in [0.2, 0.25) is 0 Å². The Hall–Kier alpha value is -4.59. The van der Waals surface area contributed by atoms with Gasteiger partial charge in [0, 0.05) is 22.7 Å². The first kappa shape index (κ1) is 31.0. The van der Waals surface area contributed by atoms with Crippen molar-refractivity contribution in [3.63, 3.8) is 0 Å². The summed E-state index contributed by atoms with van der Waals surface area (Å²) in [6, 6.07) is 55.2. The summed E-state index contributed by atoms with van der Waals surface area (Å²) in [4.78, 5) is 2.28. The summed E-state index contributed by atoms with van der Waals surface area (Å²) in [5.74, 6) is 1.63. The molecule has 0 saturated heterocycles. The first-order valence-electron chi connectivity index (χ1n) is 15.9. The van der Waals surface area contributed by atoms with Gasteiger partial charge in [0.05, 0.1) is 0 Å². The number of benzene rings is 6. The smallest absolute Gasteiger partial charge is 0.514 e. The zero-order valence-electron chi connectivity index (χ0n) is 26.6. The Morgan fingerprint density at radius 3 is 2.30 bits per heavy atom. The average Bonchev–Trinajstić information content (AvgIpc) is 3.41. The van der Waals surface area contributed by atoms with Crippen LogP contribution >= 0.6 is 0 Å². The van der Waals surface area contributed by atoms with Crippen molar-refractivity contribution in [2.75, 3.05) is 4.90 Å². The molecule has 0 fully saturated rings. The van der Waals surface area contributed by atoms with Gasteiger partial charge in [-0.1, -0.05) is 98.7 Å². The van der Waals surface area contributed by atoms with Gasteiger partial charge in [-0.2, -0.15) is 36.8 Å². The van der Waals surface area contributed by atoms with Crippen LogP contribution in [0.5, 0.6) is 11.5 Å². The first-order chi connectivity index (χ1) is 22.4. The van der Waals surface area contributed by atoms with E-state index in [1.807, 2.05) is 24.3 Å². The molecule has 0 amide bonds. The molecule has 2 heterocycles. The number of rotatable bonds is 5. The molecule has 1 atom stereocenters. The summed E-state index contributed by atoms with van der Waals surface area (Å²) < 4.78 is 8.85. The van der Waals surface area contributed by atoms with Crippen molar-refractivity contribution in [3.05, 3.63) is 169 Å². The molecule has 1 aliphatic heterocycles. The summed E-state index contributed by atoms with van der Waals surface area (Å²) in [5.41, 5.74) is 8.93. The van der Waals surface area contributed by atoms with Gasteiger partial charge in [0.15, 0.2) is 0 Å². The molecule has 0 bridgehead atoms. The third kappa shape index (κ3) is 5.79.